The highest BCUT2D eigenvalue weighted by Gasteiger charge is 2.14. The molecule has 0 unspecified atom stereocenters. The first-order valence-corrected chi connectivity index (χ1v) is 9.89. The maximum Gasteiger partial charge on any atom is 0.257 e. The van der Waals surface area contributed by atoms with Crippen molar-refractivity contribution in [2.24, 2.45) is 0 Å². The fraction of sp³-hybridized carbons (Fsp3) is 0.0476. The molecule has 3 aromatic carbocycles. The predicted octanol–water partition coefficient (Wildman–Crippen LogP) is 7.12. The summed E-state index contributed by atoms with van der Waals surface area (Å²) in [4.78, 5) is 17.0. The Morgan fingerprint density at radius 1 is 1.04 bits per heavy atom. The lowest BCUT2D eigenvalue weighted by Crippen LogP contribution is -2.12. The van der Waals surface area contributed by atoms with E-state index in [9.17, 15) is 4.79 Å². The minimum absolute atomic E-state index is 0.289. The van der Waals surface area contributed by atoms with Crippen LogP contribution in [-0.2, 0) is 0 Å². The molecule has 0 saturated carbocycles. The molecular weight excluding hydrogens is 463 g/mol. The number of rotatable bonds is 3. The summed E-state index contributed by atoms with van der Waals surface area (Å²) >= 11 is 15.9. The van der Waals surface area contributed by atoms with Crippen LogP contribution >= 0.6 is 39.1 Å². The summed E-state index contributed by atoms with van der Waals surface area (Å²) in [6.45, 7) is 1.92. The topological polar surface area (TPSA) is 55.1 Å². The third kappa shape index (κ3) is 3.78. The molecule has 0 bridgehead atoms. The van der Waals surface area contributed by atoms with Crippen LogP contribution in [0.3, 0.4) is 0 Å². The summed E-state index contributed by atoms with van der Waals surface area (Å²) in [5.41, 5.74) is 3.88. The van der Waals surface area contributed by atoms with E-state index in [-0.39, 0.29) is 5.91 Å². The van der Waals surface area contributed by atoms with Gasteiger partial charge in [0.15, 0.2) is 5.58 Å². The lowest BCUT2D eigenvalue weighted by atomic mass is 10.1. The molecule has 0 aliphatic rings. The number of aryl methyl sites for hydroxylation is 1. The van der Waals surface area contributed by atoms with Gasteiger partial charge in [0.1, 0.15) is 5.52 Å². The largest absolute Gasteiger partial charge is 0.436 e. The first kappa shape index (κ1) is 19.0. The van der Waals surface area contributed by atoms with Gasteiger partial charge in [-0.05, 0) is 61.0 Å². The van der Waals surface area contributed by atoms with Crippen molar-refractivity contribution in [3.05, 3.63) is 80.2 Å². The predicted molar refractivity (Wildman–Crippen MR) is 116 cm³/mol. The monoisotopic (exact) mass is 474 g/mol. The van der Waals surface area contributed by atoms with Crippen LogP contribution in [-0.4, -0.2) is 10.9 Å². The van der Waals surface area contributed by atoms with Crippen molar-refractivity contribution < 1.29 is 9.21 Å². The highest BCUT2D eigenvalue weighted by molar-refractivity contribution is 9.10. The molecule has 0 aliphatic heterocycles. The van der Waals surface area contributed by atoms with Gasteiger partial charge in [-0.3, -0.25) is 4.79 Å². The van der Waals surface area contributed by atoms with Crippen LogP contribution in [0, 0.1) is 6.92 Å². The Morgan fingerprint density at radius 3 is 2.64 bits per heavy atom. The van der Waals surface area contributed by atoms with Crippen LogP contribution < -0.4 is 5.32 Å². The van der Waals surface area contributed by atoms with E-state index in [4.69, 9.17) is 27.6 Å². The zero-order valence-electron chi connectivity index (χ0n) is 14.6. The van der Waals surface area contributed by atoms with Gasteiger partial charge in [-0.2, -0.15) is 0 Å². The number of nitrogens with zero attached hydrogens (tertiary/aromatic N) is 1. The van der Waals surface area contributed by atoms with Gasteiger partial charge in [-0.15, -0.1) is 0 Å². The number of carbonyl (C=O) groups excluding carboxylic acids is 1. The van der Waals surface area contributed by atoms with Gasteiger partial charge in [0.25, 0.3) is 5.91 Å². The molecule has 4 rings (SSSR count). The van der Waals surface area contributed by atoms with E-state index >= 15 is 0 Å². The fourth-order valence-electron chi connectivity index (χ4n) is 2.78. The molecule has 0 atom stereocenters. The number of fused-ring (bicyclic) bond motifs is 1. The van der Waals surface area contributed by atoms with Crippen LogP contribution in [0.1, 0.15) is 15.9 Å². The number of nitrogens with one attached hydrogen (secondary N) is 1. The van der Waals surface area contributed by atoms with E-state index in [0.29, 0.717) is 43.9 Å². The highest BCUT2D eigenvalue weighted by Crippen LogP contribution is 2.33. The summed E-state index contributed by atoms with van der Waals surface area (Å²) < 4.78 is 6.69. The van der Waals surface area contributed by atoms with E-state index in [1.54, 1.807) is 36.4 Å². The van der Waals surface area contributed by atoms with Gasteiger partial charge >= 0.3 is 0 Å². The molecular formula is C21H13BrCl2N2O2. The van der Waals surface area contributed by atoms with Crippen molar-refractivity contribution in [2.45, 2.75) is 6.92 Å². The first-order chi connectivity index (χ1) is 13.4. The van der Waals surface area contributed by atoms with Crippen molar-refractivity contribution in [3.63, 3.8) is 0 Å². The molecule has 0 saturated heterocycles. The number of halogens is 3. The summed E-state index contributed by atoms with van der Waals surface area (Å²) in [5.74, 6) is 0.120. The van der Waals surface area contributed by atoms with E-state index in [1.165, 1.54) is 0 Å². The molecule has 1 amide bonds. The van der Waals surface area contributed by atoms with E-state index in [1.807, 2.05) is 25.1 Å². The Morgan fingerprint density at radius 2 is 1.86 bits per heavy atom. The van der Waals surface area contributed by atoms with Gasteiger partial charge < -0.3 is 9.73 Å². The zero-order valence-corrected chi connectivity index (χ0v) is 17.7. The summed E-state index contributed by atoms with van der Waals surface area (Å²) in [6.07, 6.45) is 0. The maximum atomic E-state index is 12.5. The van der Waals surface area contributed by atoms with Gasteiger partial charge in [0.2, 0.25) is 5.89 Å². The molecule has 0 radical (unpaired) electrons. The minimum atomic E-state index is -0.289. The van der Waals surface area contributed by atoms with Crippen molar-refractivity contribution in [1.82, 2.24) is 4.98 Å². The second-order valence-electron chi connectivity index (χ2n) is 6.26. The second-order valence-corrected chi connectivity index (χ2v) is 7.99. The van der Waals surface area contributed by atoms with E-state index in [0.717, 1.165) is 10.0 Å². The molecule has 1 aromatic heterocycles. The normalized spacial score (nSPS) is 11.0. The molecule has 7 heteroatoms. The van der Waals surface area contributed by atoms with Crippen LogP contribution in [0.5, 0.6) is 0 Å². The minimum Gasteiger partial charge on any atom is -0.436 e. The third-order valence-corrected chi connectivity index (χ3v) is 5.31. The molecule has 0 spiro atoms. The highest BCUT2D eigenvalue weighted by atomic mass is 79.9. The number of hydrogen-bond donors (Lipinski definition) is 1. The van der Waals surface area contributed by atoms with Crippen LogP contribution in [0.25, 0.3) is 22.6 Å². The molecule has 0 fully saturated rings. The molecule has 4 aromatic rings. The molecule has 28 heavy (non-hydrogen) atoms. The Labute approximate surface area is 179 Å². The number of hydrogen-bond acceptors (Lipinski definition) is 3. The van der Waals surface area contributed by atoms with Crippen LogP contribution in [0.15, 0.2) is 63.5 Å². The molecule has 1 heterocycles. The third-order valence-electron chi connectivity index (χ3n) is 4.17. The smallest absolute Gasteiger partial charge is 0.257 e. The van der Waals surface area contributed by atoms with Crippen LogP contribution in [0.2, 0.25) is 10.0 Å². The van der Waals surface area contributed by atoms with Crippen molar-refractivity contribution in [1.29, 1.82) is 0 Å². The number of aromatic nitrogens is 1. The van der Waals surface area contributed by atoms with Gasteiger partial charge in [0.05, 0.1) is 21.2 Å². The number of amides is 1. The van der Waals surface area contributed by atoms with Gasteiger partial charge in [0, 0.05) is 10.2 Å². The molecule has 1 N–H and O–H groups in total. The fourth-order valence-corrected chi connectivity index (χ4v) is 3.66. The van der Waals surface area contributed by atoms with Crippen molar-refractivity contribution in [3.8, 4) is 11.5 Å². The number of anilines is 1. The van der Waals surface area contributed by atoms with E-state index in [2.05, 4.69) is 26.2 Å². The SMILES string of the molecule is Cc1ccc(C(=O)Nc2ccc3oc(-c4cc(Br)ccc4Cl)nc3c2)c(Cl)c1. The summed E-state index contributed by atoms with van der Waals surface area (Å²) in [6, 6.07) is 16.0. The first-order valence-electron chi connectivity index (χ1n) is 8.34. The average Bonchev–Trinajstić information content (AvgIpc) is 3.06. The number of carbonyl (C=O) groups is 1. The summed E-state index contributed by atoms with van der Waals surface area (Å²) in [7, 11) is 0. The number of oxazole rings is 1. The van der Waals surface area contributed by atoms with Crippen molar-refractivity contribution in [2.75, 3.05) is 5.32 Å². The lowest BCUT2D eigenvalue weighted by Gasteiger charge is -2.07. The maximum absolute atomic E-state index is 12.5. The molecule has 4 nitrogen and oxygen atoms in total. The Kier molecular flexibility index (Phi) is 5.15. The lowest BCUT2D eigenvalue weighted by molar-refractivity contribution is 0.102. The number of benzene rings is 3. The Bertz CT molecular complexity index is 1220. The Balaban J connectivity index is 1.65. The van der Waals surface area contributed by atoms with Gasteiger partial charge in [-0.1, -0.05) is 45.2 Å². The average molecular weight is 476 g/mol. The van der Waals surface area contributed by atoms with E-state index < -0.39 is 0 Å². The standard InChI is InChI=1S/C21H13BrCl2N2O2/c1-11-2-5-14(17(24)8-11)20(27)25-13-4-7-19-18(10-13)26-21(28-19)15-9-12(22)3-6-16(15)23/h2-10H,1H3,(H,25,27). The Hall–Kier alpha value is -2.34. The molecule has 0 aliphatic carbocycles. The van der Waals surface area contributed by atoms with Crippen LogP contribution in [0.4, 0.5) is 5.69 Å². The second kappa shape index (κ2) is 7.59. The van der Waals surface area contributed by atoms with Gasteiger partial charge in [-0.25, -0.2) is 4.98 Å². The summed E-state index contributed by atoms with van der Waals surface area (Å²) in [5, 5.41) is 3.79. The zero-order chi connectivity index (χ0) is 19.8. The quantitative estimate of drug-likeness (QED) is 0.343. The van der Waals surface area contributed by atoms with Crippen molar-refractivity contribution >= 4 is 61.8 Å². The molecule has 140 valence electrons.